The SMILES string of the molecule is CCn1nc(C)c(Cl)c1CC(O)CCc1ccccc1C. The van der Waals surface area contributed by atoms with E-state index in [1.807, 2.05) is 30.7 Å². The molecule has 21 heavy (non-hydrogen) atoms. The van der Waals surface area contributed by atoms with Crippen molar-refractivity contribution in [3.8, 4) is 0 Å². The largest absolute Gasteiger partial charge is 0.393 e. The number of aliphatic hydroxyl groups excluding tert-OH is 1. The molecule has 1 aromatic heterocycles. The van der Waals surface area contributed by atoms with E-state index in [1.165, 1.54) is 11.1 Å². The van der Waals surface area contributed by atoms with Crippen LogP contribution in [-0.2, 0) is 19.4 Å². The van der Waals surface area contributed by atoms with Crippen LogP contribution in [0, 0.1) is 13.8 Å². The number of benzene rings is 1. The molecule has 0 aliphatic carbocycles. The molecular weight excluding hydrogens is 284 g/mol. The molecule has 1 atom stereocenters. The molecular formula is C17H23ClN2O. The van der Waals surface area contributed by atoms with E-state index in [-0.39, 0.29) is 0 Å². The second-order valence-corrected chi connectivity index (χ2v) is 5.86. The van der Waals surface area contributed by atoms with Gasteiger partial charge in [-0.25, -0.2) is 0 Å². The van der Waals surface area contributed by atoms with Crippen LogP contribution in [0.1, 0.15) is 35.9 Å². The maximum absolute atomic E-state index is 10.3. The number of aryl methyl sites for hydroxylation is 4. The van der Waals surface area contributed by atoms with Gasteiger partial charge in [-0.15, -0.1) is 0 Å². The first kappa shape index (κ1) is 16.1. The molecule has 1 heterocycles. The Hall–Kier alpha value is -1.32. The summed E-state index contributed by atoms with van der Waals surface area (Å²) in [5.41, 5.74) is 4.34. The van der Waals surface area contributed by atoms with Crippen molar-refractivity contribution < 1.29 is 5.11 Å². The molecule has 0 spiro atoms. The molecule has 0 aliphatic heterocycles. The molecule has 0 saturated carbocycles. The van der Waals surface area contributed by atoms with Gasteiger partial charge in [0.15, 0.2) is 0 Å². The van der Waals surface area contributed by atoms with Gasteiger partial charge in [-0.3, -0.25) is 4.68 Å². The molecule has 1 N–H and O–H groups in total. The number of rotatable bonds is 6. The Bertz CT molecular complexity index is 607. The van der Waals surface area contributed by atoms with E-state index in [0.717, 1.165) is 30.8 Å². The topological polar surface area (TPSA) is 38.0 Å². The summed E-state index contributed by atoms with van der Waals surface area (Å²) in [5.74, 6) is 0. The van der Waals surface area contributed by atoms with Gasteiger partial charge in [0.1, 0.15) is 0 Å². The quantitative estimate of drug-likeness (QED) is 0.883. The average Bonchev–Trinajstić information content (AvgIpc) is 2.74. The second kappa shape index (κ2) is 7.10. The Morgan fingerprint density at radius 3 is 2.67 bits per heavy atom. The van der Waals surface area contributed by atoms with Crippen molar-refractivity contribution in [2.75, 3.05) is 0 Å². The lowest BCUT2D eigenvalue weighted by Gasteiger charge is -2.13. The van der Waals surface area contributed by atoms with Gasteiger partial charge in [0.2, 0.25) is 0 Å². The van der Waals surface area contributed by atoms with E-state index in [0.29, 0.717) is 11.4 Å². The summed E-state index contributed by atoms with van der Waals surface area (Å²) < 4.78 is 1.88. The third-order valence-electron chi connectivity index (χ3n) is 3.89. The highest BCUT2D eigenvalue weighted by molar-refractivity contribution is 6.31. The van der Waals surface area contributed by atoms with Crippen molar-refractivity contribution in [2.45, 2.75) is 52.7 Å². The molecule has 2 aromatic rings. The van der Waals surface area contributed by atoms with Crippen LogP contribution in [0.25, 0.3) is 0 Å². The summed E-state index contributed by atoms with van der Waals surface area (Å²) in [4.78, 5) is 0. The van der Waals surface area contributed by atoms with Gasteiger partial charge in [-0.2, -0.15) is 5.10 Å². The molecule has 2 rings (SSSR count). The molecule has 0 bridgehead atoms. The second-order valence-electron chi connectivity index (χ2n) is 5.48. The summed E-state index contributed by atoms with van der Waals surface area (Å²) in [7, 11) is 0. The van der Waals surface area contributed by atoms with Crippen molar-refractivity contribution in [2.24, 2.45) is 0 Å². The van der Waals surface area contributed by atoms with E-state index < -0.39 is 6.10 Å². The van der Waals surface area contributed by atoms with Gasteiger partial charge in [-0.1, -0.05) is 35.9 Å². The molecule has 0 saturated heterocycles. The number of aliphatic hydroxyl groups is 1. The molecule has 114 valence electrons. The number of hydrogen-bond acceptors (Lipinski definition) is 2. The highest BCUT2D eigenvalue weighted by Crippen LogP contribution is 2.22. The van der Waals surface area contributed by atoms with Crippen LogP contribution in [-0.4, -0.2) is 21.0 Å². The lowest BCUT2D eigenvalue weighted by atomic mass is 10.0. The summed E-state index contributed by atoms with van der Waals surface area (Å²) in [6.07, 6.45) is 1.77. The number of aromatic nitrogens is 2. The van der Waals surface area contributed by atoms with Gasteiger partial charge < -0.3 is 5.11 Å². The third-order valence-corrected chi connectivity index (χ3v) is 4.38. The minimum atomic E-state index is -0.400. The molecule has 3 nitrogen and oxygen atoms in total. The van der Waals surface area contributed by atoms with E-state index in [9.17, 15) is 5.11 Å². The van der Waals surface area contributed by atoms with Gasteiger partial charge in [0.25, 0.3) is 0 Å². The Kier molecular flexibility index (Phi) is 5.43. The molecule has 0 fully saturated rings. The molecule has 1 unspecified atom stereocenters. The Morgan fingerprint density at radius 2 is 2.00 bits per heavy atom. The van der Waals surface area contributed by atoms with Gasteiger partial charge in [-0.05, 0) is 44.7 Å². The zero-order chi connectivity index (χ0) is 15.4. The molecule has 0 aliphatic rings. The minimum Gasteiger partial charge on any atom is -0.393 e. The van der Waals surface area contributed by atoms with Crippen LogP contribution < -0.4 is 0 Å². The van der Waals surface area contributed by atoms with Crippen LogP contribution in [0.2, 0.25) is 5.02 Å². The standard InChI is InChI=1S/C17H23ClN2O/c1-4-20-16(17(18)13(3)19-20)11-15(21)10-9-14-8-6-5-7-12(14)2/h5-8,15,21H,4,9-11H2,1-3H3. The Morgan fingerprint density at radius 1 is 1.29 bits per heavy atom. The zero-order valence-corrected chi connectivity index (χ0v) is 13.7. The van der Waals surface area contributed by atoms with Crippen molar-refractivity contribution in [1.29, 1.82) is 0 Å². The monoisotopic (exact) mass is 306 g/mol. The maximum Gasteiger partial charge on any atom is 0.0848 e. The van der Waals surface area contributed by atoms with E-state index in [1.54, 1.807) is 0 Å². The Labute approximate surface area is 131 Å². The number of halogens is 1. The molecule has 0 radical (unpaired) electrons. The maximum atomic E-state index is 10.3. The van der Waals surface area contributed by atoms with Crippen molar-refractivity contribution in [3.63, 3.8) is 0 Å². The van der Waals surface area contributed by atoms with Gasteiger partial charge >= 0.3 is 0 Å². The van der Waals surface area contributed by atoms with Crippen molar-refractivity contribution in [1.82, 2.24) is 9.78 Å². The highest BCUT2D eigenvalue weighted by atomic mass is 35.5. The van der Waals surface area contributed by atoms with Crippen LogP contribution in [0.15, 0.2) is 24.3 Å². The predicted octanol–water partition coefficient (Wildman–Crippen LogP) is 3.71. The van der Waals surface area contributed by atoms with Gasteiger partial charge in [0.05, 0.1) is 22.5 Å². The minimum absolute atomic E-state index is 0.400. The molecule has 4 heteroatoms. The fourth-order valence-corrected chi connectivity index (χ4v) is 2.81. The summed E-state index contributed by atoms with van der Waals surface area (Å²) in [6.45, 7) is 6.81. The first-order valence-corrected chi connectivity index (χ1v) is 7.85. The Balaban J connectivity index is 1.99. The van der Waals surface area contributed by atoms with Crippen LogP contribution >= 0.6 is 11.6 Å². The van der Waals surface area contributed by atoms with Crippen molar-refractivity contribution in [3.05, 3.63) is 51.8 Å². The third kappa shape index (κ3) is 3.86. The summed E-state index contributed by atoms with van der Waals surface area (Å²) >= 11 is 6.28. The van der Waals surface area contributed by atoms with E-state index in [2.05, 4.69) is 24.2 Å². The normalized spacial score (nSPS) is 12.6. The highest BCUT2D eigenvalue weighted by Gasteiger charge is 2.16. The summed E-state index contributed by atoms with van der Waals surface area (Å²) in [6, 6.07) is 8.31. The predicted molar refractivity (Wildman–Crippen MR) is 86.9 cm³/mol. The van der Waals surface area contributed by atoms with E-state index in [4.69, 9.17) is 11.6 Å². The fraction of sp³-hybridized carbons (Fsp3) is 0.471. The van der Waals surface area contributed by atoms with Crippen LogP contribution in [0.3, 0.4) is 0 Å². The zero-order valence-electron chi connectivity index (χ0n) is 12.9. The van der Waals surface area contributed by atoms with Crippen molar-refractivity contribution >= 4 is 11.6 Å². The molecule has 1 aromatic carbocycles. The smallest absolute Gasteiger partial charge is 0.0848 e. The van der Waals surface area contributed by atoms with Crippen LogP contribution in [0.4, 0.5) is 0 Å². The first-order chi connectivity index (χ1) is 10.0. The van der Waals surface area contributed by atoms with Gasteiger partial charge in [0, 0.05) is 13.0 Å². The average molecular weight is 307 g/mol. The molecule has 0 amide bonds. The lowest BCUT2D eigenvalue weighted by molar-refractivity contribution is 0.162. The number of nitrogens with zero attached hydrogens (tertiary/aromatic N) is 2. The number of hydrogen-bond donors (Lipinski definition) is 1. The van der Waals surface area contributed by atoms with E-state index >= 15 is 0 Å². The first-order valence-electron chi connectivity index (χ1n) is 7.47. The fourth-order valence-electron chi connectivity index (χ4n) is 2.60. The van der Waals surface area contributed by atoms with Crippen LogP contribution in [0.5, 0.6) is 0 Å². The lowest BCUT2D eigenvalue weighted by Crippen LogP contribution is -2.15. The summed E-state index contributed by atoms with van der Waals surface area (Å²) in [5, 5.41) is 15.4.